The summed E-state index contributed by atoms with van der Waals surface area (Å²) in [4.78, 5) is 0. The van der Waals surface area contributed by atoms with Gasteiger partial charge in [-0.2, -0.15) is 0 Å². The molecule has 1 aromatic rings. The first-order valence-corrected chi connectivity index (χ1v) is 11.3. The van der Waals surface area contributed by atoms with Crippen LogP contribution in [-0.4, -0.2) is 16.1 Å². The monoisotopic (exact) mass is 466 g/mol. The predicted molar refractivity (Wildman–Crippen MR) is 119 cm³/mol. The van der Waals surface area contributed by atoms with E-state index in [0.717, 1.165) is 0 Å². The molecule has 0 spiro atoms. The minimum atomic E-state index is -0.507. The van der Waals surface area contributed by atoms with Crippen LogP contribution in [0.4, 0.5) is 4.39 Å². The average molecular weight is 467 g/mol. The first-order valence-electron chi connectivity index (χ1n) is 9.42. The molecule has 0 N–H and O–H groups in total. The summed E-state index contributed by atoms with van der Waals surface area (Å²) in [6, 6.07) is 0. The van der Waals surface area contributed by atoms with Crippen LogP contribution < -0.4 is 0 Å². The lowest BCUT2D eigenvalue weighted by molar-refractivity contribution is 0.288. The van der Waals surface area contributed by atoms with Gasteiger partial charge in [0.2, 0.25) is 11.8 Å². The normalized spacial score (nSPS) is 22.7. The molecule has 1 aliphatic heterocycles. The molecule has 8 heteroatoms. The molecule has 4 nitrogen and oxygen atoms in total. The van der Waals surface area contributed by atoms with E-state index < -0.39 is 5.83 Å². The standard InChI is InChI=1S/C22H21Cl2FN2O2S/c1-4-15(7-9-23)11-14(3)28-20-17(24)6-5-16(19(20)25)12-18-26-27-22(29-18)21-13(2)8-10-30-21/h1,7-8,10-11,13,21H,5-6,9,12H2,2-3H3/b14-11+,15-7-. The van der Waals surface area contributed by atoms with Crippen molar-refractivity contribution in [2.75, 3.05) is 5.88 Å². The van der Waals surface area contributed by atoms with E-state index >= 15 is 4.39 Å². The van der Waals surface area contributed by atoms with Gasteiger partial charge in [0.05, 0.1) is 16.7 Å². The molecule has 0 bridgehead atoms. The molecule has 0 fully saturated rings. The average Bonchev–Trinajstić information content (AvgIpc) is 3.35. The molecule has 0 radical (unpaired) electrons. The van der Waals surface area contributed by atoms with Crippen LogP contribution >= 0.6 is 35.0 Å². The number of terminal acetylenes is 1. The zero-order chi connectivity index (χ0) is 21.7. The largest absolute Gasteiger partial charge is 0.458 e. The van der Waals surface area contributed by atoms with Crippen molar-refractivity contribution in [2.45, 2.75) is 38.4 Å². The number of hydrogen-bond acceptors (Lipinski definition) is 5. The van der Waals surface area contributed by atoms with Gasteiger partial charge >= 0.3 is 0 Å². The number of aromatic nitrogens is 2. The Hall–Kier alpha value is -1.94. The van der Waals surface area contributed by atoms with Crippen LogP contribution in [-0.2, 0) is 11.2 Å². The van der Waals surface area contributed by atoms with Gasteiger partial charge in [-0.05, 0) is 42.7 Å². The Morgan fingerprint density at radius 1 is 1.47 bits per heavy atom. The summed E-state index contributed by atoms with van der Waals surface area (Å²) in [6.07, 6.45) is 11.9. The van der Waals surface area contributed by atoms with Crippen LogP contribution in [0.2, 0.25) is 0 Å². The Morgan fingerprint density at radius 3 is 2.93 bits per heavy atom. The Morgan fingerprint density at radius 2 is 2.27 bits per heavy atom. The molecule has 0 saturated heterocycles. The summed E-state index contributed by atoms with van der Waals surface area (Å²) in [7, 11) is 0. The second-order valence-electron chi connectivity index (χ2n) is 6.92. The molecule has 2 aliphatic rings. The van der Waals surface area contributed by atoms with Crippen molar-refractivity contribution in [3.8, 4) is 12.3 Å². The number of ether oxygens (including phenoxy) is 1. The molecule has 0 amide bonds. The van der Waals surface area contributed by atoms with Gasteiger partial charge < -0.3 is 9.15 Å². The van der Waals surface area contributed by atoms with Crippen LogP contribution in [0, 0.1) is 18.3 Å². The van der Waals surface area contributed by atoms with Gasteiger partial charge in [0.25, 0.3) is 0 Å². The van der Waals surface area contributed by atoms with E-state index in [0.29, 0.717) is 52.5 Å². The molecule has 30 heavy (non-hydrogen) atoms. The van der Waals surface area contributed by atoms with Crippen LogP contribution in [0.1, 0.15) is 43.7 Å². The Kier molecular flexibility index (Phi) is 7.87. The van der Waals surface area contributed by atoms with Crippen molar-refractivity contribution in [1.29, 1.82) is 0 Å². The van der Waals surface area contributed by atoms with Gasteiger partial charge in [0.15, 0.2) is 11.6 Å². The van der Waals surface area contributed by atoms with Gasteiger partial charge in [-0.3, -0.25) is 0 Å². The molecule has 1 aromatic heterocycles. The highest BCUT2D eigenvalue weighted by atomic mass is 35.5. The number of hydrogen-bond donors (Lipinski definition) is 0. The quantitative estimate of drug-likeness (QED) is 0.192. The molecule has 1 aliphatic carbocycles. The maximum atomic E-state index is 15.2. The fraction of sp³-hybridized carbons (Fsp3) is 0.364. The summed E-state index contributed by atoms with van der Waals surface area (Å²) < 4.78 is 26.6. The smallest absolute Gasteiger partial charge is 0.230 e. The first kappa shape index (κ1) is 22.7. The highest BCUT2D eigenvalue weighted by molar-refractivity contribution is 8.02. The van der Waals surface area contributed by atoms with E-state index in [1.54, 1.807) is 30.8 Å². The zero-order valence-electron chi connectivity index (χ0n) is 16.6. The summed E-state index contributed by atoms with van der Waals surface area (Å²) >= 11 is 13.6. The summed E-state index contributed by atoms with van der Waals surface area (Å²) in [5, 5.41) is 10.7. The van der Waals surface area contributed by atoms with Crippen molar-refractivity contribution >= 4 is 35.0 Å². The van der Waals surface area contributed by atoms with Crippen molar-refractivity contribution in [2.24, 2.45) is 5.92 Å². The molecular weight excluding hydrogens is 446 g/mol. The van der Waals surface area contributed by atoms with E-state index in [1.165, 1.54) is 0 Å². The van der Waals surface area contributed by atoms with Crippen molar-refractivity contribution < 1.29 is 13.5 Å². The highest BCUT2D eigenvalue weighted by Crippen LogP contribution is 2.42. The number of rotatable bonds is 7. The second-order valence-corrected chi connectivity index (χ2v) is 8.74. The van der Waals surface area contributed by atoms with Crippen LogP contribution in [0.25, 0.3) is 0 Å². The molecule has 2 unspecified atom stereocenters. The number of alkyl halides is 1. The third-order valence-corrected chi connectivity index (χ3v) is 6.42. The lowest BCUT2D eigenvalue weighted by Crippen LogP contribution is -2.06. The number of nitrogens with zero attached hydrogens (tertiary/aromatic N) is 2. The van der Waals surface area contributed by atoms with Gasteiger partial charge in [-0.15, -0.1) is 40.0 Å². The van der Waals surface area contributed by atoms with Gasteiger partial charge in [0.1, 0.15) is 5.76 Å². The van der Waals surface area contributed by atoms with Crippen LogP contribution in [0.3, 0.4) is 0 Å². The van der Waals surface area contributed by atoms with E-state index in [-0.39, 0.29) is 23.3 Å². The highest BCUT2D eigenvalue weighted by Gasteiger charge is 2.28. The Bertz CT molecular complexity index is 1000. The Labute approximate surface area is 189 Å². The molecular formula is C22H21Cl2FN2O2S. The summed E-state index contributed by atoms with van der Waals surface area (Å²) in [5.74, 6) is 3.91. The maximum Gasteiger partial charge on any atom is 0.230 e. The molecule has 0 aromatic carbocycles. The minimum Gasteiger partial charge on any atom is -0.458 e. The molecule has 2 heterocycles. The van der Waals surface area contributed by atoms with E-state index in [4.69, 9.17) is 38.8 Å². The second kappa shape index (κ2) is 10.4. The molecule has 158 valence electrons. The lowest BCUT2D eigenvalue weighted by atomic mass is 9.99. The third kappa shape index (κ3) is 5.40. The topological polar surface area (TPSA) is 48.2 Å². The van der Waals surface area contributed by atoms with Crippen molar-refractivity contribution in [1.82, 2.24) is 10.2 Å². The SMILES string of the molecule is C#CC(=C/CCl)/C=C(\C)OC1=C(Cl)CCC(Cc2nnc(C3SC=CC3C)o2)=C1F. The van der Waals surface area contributed by atoms with Crippen molar-refractivity contribution in [3.63, 3.8) is 0 Å². The van der Waals surface area contributed by atoms with E-state index in [2.05, 4.69) is 29.1 Å². The van der Waals surface area contributed by atoms with Gasteiger partial charge in [0, 0.05) is 11.5 Å². The summed E-state index contributed by atoms with van der Waals surface area (Å²) in [6.45, 7) is 3.77. The molecule has 0 saturated carbocycles. The number of allylic oxidation sites excluding steroid dienone is 8. The zero-order valence-corrected chi connectivity index (χ0v) is 19.0. The lowest BCUT2D eigenvalue weighted by Gasteiger charge is -2.19. The van der Waals surface area contributed by atoms with Gasteiger partial charge in [-0.1, -0.05) is 36.6 Å². The van der Waals surface area contributed by atoms with Crippen LogP contribution in [0.15, 0.2) is 61.6 Å². The van der Waals surface area contributed by atoms with E-state index in [9.17, 15) is 0 Å². The number of thioether (sulfide) groups is 1. The maximum absolute atomic E-state index is 15.2. The third-order valence-electron chi connectivity index (χ3n) is 4.66. The van der Waals surface area contributed by atoms with Crippen molar-refractivity contribution in [3.05, 3.63) is 68.9 Å². The minimum absolute atomic E-state index is 0.00202. The fourth-order valence-electron chi connectivity index (χ4n) is 3.08. The van der Waals surface area contributed by atoms with Crippen LogP contribution in [0.5, 0.6) is 0 Å². The molecule has 3 rings (SSSR count). The fourth-order valence-corrected chi connectivity index (χ4v) is 4.52. The van der Waals surface area contributed by atoms with E-state index in [1.807, 2.05) is 5.41 Å². The summed E-state index contributed by atoms with van der Waals surface area (Å²) in [5.41, 5.74) is 1.06. The molecule has 2 atom stereocenters. The Balaban J connectivity index is 1.76. The van der Waals surface area contributed by atoms with Gasteiger partial charge in [-0.25, -0.2) is 4.39 Å². The first-order chi connectivity index (χ1) is 14.4. The number of halogens is 3. The predicted octanol–water partition coefficient (Wildman–Crippen LogP) is 6.74.